The van der Waals surface area contributed by atoms with Gasteiger partial charge in [0.25, 0.3) is 0 Å². The van der Waals surface area contributed by atoms with Crippen molar-refractivity contribution in [2.24, 2.45) is 0 Å². The molecule has 0 spiro atoms. The maximum Gasteiger partial charge on any atom is 0.221 e. The Kier molecular flexibility index (Phi) is 6.17. The number of hydrogen-bond donors (Lipinski definition) is 2. The van der Waals surface area contributed by atoms with E-state index < -0.39 is 0 Å². The Morgan fingerprint density at radius 3 is 2.81 bits per heavy atom. The van der Waals surface area contributed by atoms with Crippen LogP contribution >= 0.6 is 0 Å². The van der Waals surface area contributed by atoms with Gasteiger partial charge in [0.15, 0.2) is 0 Å². The van der Waals surface area contributed by atoms with Crippen LogP contribution in [0.3, 0.4) is 0 Å². The van der Waals surface area contributed by atoms with Gasteiger partial charge in [-0.05, 0) is 19.7 Å². The van der Waals surface area contributed by atoms with E-state index in [-0.39, 0.29) is 18.0 Å². The van der Waals surface area contributed by atoms with E-state index in [2.05, 4.69) is 27.7 Å². The largest absolute Gasteiger partial charge is 0.378 e. The summed E-state index contributed by atoms with van der Waals surface area (Å²) in [5.74, 6) is 0.0702. The molecule has 1 saturated heterocycles. The number of carbonyl (C=O) groups is 1. The predicted octanol–water partition coefficient (Wildman–Crippen LogP) is 0.784. The van der Waals surface area contributed by atoms with Crippen LogP contribution in [0.4, 0.5) is 0 Å². The van der Waals surface area contributed by atoms with E-state index in [0.717, 1.165) is 13.2 Å². The molecule has 1 aromatic carbocycles. The maximum absolute atomic E-state index is 12.0. The SMILES string of the molecule is CN(C)C(CNC(=O)CC1COCCN1)c1ccccc1. The zero-order chi connectivity index (χ0) is 15.1. The van der Waals surface area contributed by atoms with Crippen molar-refractivity contribution in [3.63, 3.8) is 0 Å². The van der Waals surface area contributed by atoms with Crippen LogP contribution in [0.1, 0.15) is 18.0 Å². The summed E-state index contributed by atoms with van der Waals surface area (Å²) >= 11 is 0. The number of amides is 1. The van der Waals surface area contributed by atoms with Gasteiger partial charge in [0.05, 0.1) is 19.3 Å². The van der Waals surface area contributed by atoms with E-state index in [0.29, 0.717) is 19.6 Å². The van der Waals surface area contributed by atoms with Gasteiger partial charge in [-0.1, -0.05) is 30.3 Å². The molecule has 0 aromatic heterocycles. The van der Waals surface area contributed by atoms with E-state index in [1.807, 2.05) is 32.3 Å². The zero-order valence-corrected chi connectivity index (χ0v) is 12.8. The molecule has 2 N–H and O–H groups in total. The predicted molar refractivity (Wildman–Crippen MR) is 83.1 cm³/mol. The van der Waals surface area contributed by atoms with Gasteiger partial charge in [0.1, 0.15) is 0 Å². The van der Waals surface area contributed by atoms with Crippen LogP contribution in [0.5, 0.6) is 0 Å². The van der Waals surface area contributed by atoms with Crippen LogP contribution in [-0.2, 0) is 9.53 Å². The number of rotatable bonds is 6. The monoisotopic (exact) mass is 291 g/mol. The molecule has 1 fully saturated rings. The highest BCUT2D eigenvalue weighted by molar-refractivity contribution is 5.76. The van der Waals surface area contributed by atoms with Crippen LogP contribution < -0.4 is 10.6 Å². The number of benzene rings is 1. The fourth-order valence-electron chi connectivity index (χ4n) is 2.53. The van der Waals surface area contributed by atoms with Crippen molar-refractivity contribution in [1.82, 2.24) is 15.5 Å². The molecule has 1 heterocycles. The molecular weight excluding hydrogens is 266 g/mol. The molecule has 2 atom stereocenters. The van der Waals surface area contributed by atoms with E-state index in [1.165, 1.54) is 5.56 Å². The second-order valence-corrected chi connectivity index (χ2v) is 5.62. The third-order valence-electron chi connectivity index (χ3n) is 3.73. The van der Waals surface area contributed by atoms with Crippen LogP contribution in [-0.4, -0.2) is 57.2 Å². The normalized spacial score (nSPS) is 20.2. The molecule has 0 bridgehead atoms. The van der Waals surface area contributed by atoms with Gasteiger partial charge in [-0.15, -0.1) is 0 Å². The number of nitrogens with zero attached hydrogens (tertiary/aromatic N) is 1. The fourth-order valence-corrected chi connectivity index (χ4v) is 2.53. The van der Waals surface area contributed by atoms with E-state index >= 15 is 0 Å². The van der Waals surface area contributed by atoms with Gasteiger partial charge in [-0.3, -0.25) is 4.79 Å². The lowest BCUT2D eigenvalue weighted by atomic mass is 10.1. The minimum absolute atomic E-state index is 0.0702. The fraction of sp³-hybridized carbons (Fsp3) is 0.562. The number of hydrogen-bond acceptors (Lipinski definition) is 4. The molecule has 0 saturated carbocycles. The third-order valence-corrected chi connectivity index (χ3v) is 3.73. The lowest BCUT2D eigenvalue weighted by Gasteiger charge is -2.26. The summed E-state index contributed by atoms with van der Waals surface area (Å²) in [7, 11) is 4.06. The standard InChI is InChI=1S/C16H25N3O2/c1-19(2)15(13-6-4-3-5-7-13)11-18-16(20)10-14-12-21-9-8-17-14/h3-7,14-15,17H,8-12H2,1-2H3,(H,18,20). The lowest BCUT2D eigenvalue weighted by molar-refractivity contribution is -0.122. The van der Waals surface area contributed by atoms with Gasteiger partial charge in [0.2, 0.25) is 5.91 Å². The highest BCUT2D eigenvalue weighted by Crippen LogP contribution is 2.16. The maximum atomic E-state index is 12.0. The minimum atomic E-state index is 0.0702. The van der Waals surface area contributed by atoms with Crippen LogP contribution in [0.2, 0.25) is 0 Å². The van der Waals surface area contributed by atoms with Gasteiger partial charge >= 0.3 is 0 Å². The Hall–Kier alpha value is -1.43. The summed E-state index contributed by atoms with van der Waals surface area (Å²) in [6.45, 7) is 2.78. The van der Waals surface area contributed by atoms with Gasteiger partial charge in [-0.2, -0.15) is 0 Å². The minimum Gasteiger partial charge on any atom is -0.378 e. The summed E-state index contributed by atoms with van der Waals surface area (Å²) in [5, 5.41) is 6.33. The van der Waals surface area contributed by atoms with E-state index in [1.54, 1.807) is 0 Å². The molecule has 21 heavy (non-hydrogen) atoms. The van der Waals surface area contributed by atoms with Crippen molar-refractivity contribution >= 4 is 5.91 Å². The number of nitrogens with one attached hydrogen (secondary N) is 2. The third kappa shape index (κ3) is 5.12. The second-order valence-electron chi connectivity index (χ2n) is 5.62. The Bertz CT molecular complexity index is 430. The molecule has 2 unspecified atom stereocenters. The van der Waals surface area contributed by atoms with Crippen molar-refractivity contribution in [2.45, 2.75) is 18.5 Å². The zero-order valence-electron chi connectivity index (χ0n) is 12.8. The second kappa shape index (κ2) is 8.12. The molecule has 5 nitrogen and oxygen atoms in total. The number of morpholine rings is 1. The molecule has 1 aliphatic rings. The molecule has 0 aliphatic carbocycles. The first-order valence-corrected chi connectivity index (χ1v) is 7.46. The Morgan fingerprint density at radius 2 is 2.19 bits per heavy atom. The number of ether oxygens (including phenoxy) is 1. The van der Waals surface area contributed by atoms with Crippen molar-refractivity contribution in [3.05, 3.63) is 35.9 Å². The molecule has 0 radical (unpaired) electrons. The molecule has 2 rings (SSSR count). The number of likely N-dealkylation sites (N-methyl/N-ethyl adjacent to an activating group) is 1. The summed E-state index contributed by atoms with van der Waals surface area (Å²) in [5.41, 5.74) is 1.21. The first-order valence-electron chi connectivity index (χ1n) is 7.46. The molecule has 1 amide bonds. The average Bonchev–Trinajstić information content (AvgIpc) is 2.49. The Balaban J connectivity index is 1.82. The highest BCUT2D eigenvalue weighted by Gasteiger charge is 2.19. The van der Waals surface area contributed by atoms with E-state index in [4.69, 9.17) is 4.74 Å². The van der Waals surface area contributed by atoms with Gasteiger partial charge in [0, 0.05) is 25.6 Å². The molecular formula is C16H25N3O2. The summed E-state index contributed by atoms with van der Waals surface area (Å²) in [6, 6.07) is 10.6. The van der Waals surface area contributed by atoms with Crippen LogP contribution in [0, 0.1) is 0 Å². The van der Waals surface area contributed by atoms with Gasteiger partial charge in [-0.25, -0.2) is 0 Å². The summed E-state index contributed by atoms with van der Waals surface area (Å²) < 4.78 is 5.37. The number of carbonyl (C=O) groups excluding carboxylic acids is 1. The first-order chi connectivity index (χ1) is 10.2. The van der Waals surface area contributed by atoms with Crippen molar-refractivity contribution < 1.29 is 9.53 Å². The highest BCUT2D eigenvalue weighted by atomic mass is 16.5. The van der Waals surface area contributed by atoms with Crippen LogP contribution in [0.15, 0.2) is 30.3 Å². The molecule has 1 aromatic rings. The van der Waals surface area contributed by atoms with E-state index in [9.17, 15) is 4.79 Å². The average molecular weight is 291 g/mol. The van der Waals surface area contributed by atoms with Crippen molar-refractivity contribution in [3.8, 4) is 0 Å². The Morgan fingerprint density at radius 1 is 1.43 bits per heavy atom. The summed E-state index contributed by atoms with van der Waals surface area (Å²) in [4.78, 5) is 14.2. The van der Waals surface area contributed by atoms with Crippen molar-refractivity contribution in [1.29, 1.82) is 0 Å². The topological polar surface area (TPSA) is 53.6 Å². The molecule has 1 aliphatic heterocycles. The smallest absolute Gasteiger partial charge is 0.221 e. The quantitative estimate of drug-likeness (QED) is 0.813. The first kappa shape index (κ1) is 15.9. The van der Waals surface area contributed by atoms with Gasteiger partial charge < -0.3 is 20.3 Å². The summed E-state index contributed by atoms with van der Waals surface area (Å²) in [6.07, 6.45) is 0.467. The lowest BCUT2D eigenvalue weighted by Crippen LogP contribution is -2.45. The van der Waals surface area contributed by atoms with Crippen molar-refractivity contribution in [2.75, 3.05) is 40.4 Å². The Labute approximate surface area is 126 Å². The molecule has 5 heteroatoms. The molecule has 116 valence electrons. The van der Waals surface area contributed by atoms with Crippen LogP contribution in [0.25, 0.3) is 0 Å².